The van der Waals surface area contributed by atoms with Gasteiger partial charge in [0.05, 0.1) is 5.60 Å². The van der Waals surface area contributed by atoms with Gasteiger partial charge in [-0.25, -0.2) is 0 Å². The molecule has 0 heterocycles. The Morgan fingerprint density at radius 3 is 2.71 bits per heavy atom. The monoisotopic (exact) mass is 254 g/mol. The predicted molar refractivity (Wildman–Crippen MR) is 73.2 cm³/mol. The van der Waals surface area contributed by atoms with Gasteiger partial charge < -0.3 is 5.11 Å². The van der Waals surface area contributed by atoms with Crippen LogP contribution in [0.15, 0.2) is 23.8 Å². The van der Waals surface area contributed by atoms with Crippen molar-refractivity contribution in [2.24, 2.45) is 11.3 Å². The van der Waals surface area contributed by atoms with Crippen LogP contribution in [0, 0.1) is 11.3 Å². The molecule has 0 aromatic heterocycles. The normalized spacial score (nSPS) is 41.5. The van der Waals surface area contributed by atoms with Crippen LogP contribution < -0.4 is 0 Å². The molecule has 2 aliphatic carbocycles. The van der Waals surface area contributed by atoms with E-state index < -0.39 is 5.60 Å². The average molecular weight is 255 g/mol. The van der Waals surface area contributed by atoms with E-state index in [-0.39, 0.29) is 16.7 Å². The number of rotatable bonds is 0. The zero-order chi connectivity index (χ0) is 12.8. The van der Waals surface area contributed by atoms with Crippen LogP contribution in [0.1, 0.15) is 46.5 Å². The zero-order valence-electron chi connectivity index (χ0n) is 11.1. The van der Waals surface area contributed by atoms with Gasteiger partial charge >= 0.3 is 0 Å². The van der Waals surface area contributed by atoms with Crippen LogP contribution in [0.5, 0.6) is 0 Å². The van der Waals surface area contributed by atoms with E-state index in [1.807, 2.05) is 6.92 Å². The molecule has 0 bridgehead atoms. The maximum absolute atomic E-state index is 11.0. The van der Waals surface area contributed by atoms with E-state index in [1.54, 1.807) is 0 Å². The number of halogens is 1. The summed E-state index contributed by atoms with van der Waals surface area (Å²) in [5.41, 5.74) is 1.60. The third kappa shape index (κ3) is 2.08. The van der Waals surface area contributed by atoms with Crippen LogP contribution in [0.4, 0.5) is 0 Å². The van der Waals surface area contributed by atoms with Crippen molar-refractivity contribution in [1.82, 2.24) is 0 Å². The minimum Gasteiger partial charge on any atom is -0.385 e. The van der Waals surface area contributed by atoms with Gasteiger partial charge in [0.1, 0.15) is 0 Å². The van der Waals surface area contributed by atoms with Crippen molar-refractivity contribution in [3.63, 3.8) is 0 Å². The first-order valence-electron chi connectivity index (χ1n) is 6.49. The standard InChI is InChI=1S/C15H23ClO/c1-10-6-5-7-11(2)15(17)9-13(16)14(3,4)8-12(10)15/h7,12-13,17H,1,5-6,8-9H2,2-4H3/t12-,13-,15+/m1/s1. The first kappa shape index (κ1) is 13.2. The van der Waals surface area contributed by atoms with Crippen molar-refractivity contribution >= 4 is 11.6 Å². The molecule has 2 heteroatoms. The van der Waals surface area contributed by atoms with Gasteiger partial charge in [-0.1, -0.05) is 32.1 Å². The quantitative estimate of drug-likeness (QED) is 0.511. The van der Waals surface area contributed by atoms with Crippen LogP contribution in [-0.4, -0.2) is 16.1 Å². The van der Waals surface area contributed by atoms with Crippen molar-refractivity contribution in [3.05, 3.63) is 23.8 Å². The fourth-order valence-electron chi connectivity index (χ4n) is 3.26. The topological polar surface area (TPSA) is 20.2 Å². The van der Waals surface area contributed by atoms with Crippen LogP contribution in [-0.2, 0) is 0 Å². The molecule has 0 amide bonds. The van der Waals surface area contributed by atoms with E-state index in [1.165, 1.54) is 5.57 Å². The minimum absolute atomic E-state index is 0.0259. The fourth-order valence-corrected chi connectivity index (χ4v) is 3.58. The molecule has 0 spiro atoms. The number of alkyl halides is 1. The van der Waals surface area contributed by atoms with Gasteiger partial charge in [-0.15, -0.1) is 11.6 Å². The van der Waals surface area contributed by atoms with E-state index in [0.717, 1.165) is 24.8 Å². The molecule has 1 N–H and O–H groups in total. The number of aliphatic hydroxyl groups is 1. The van der Waals surface area contributed by atoms with Gasteiger partial charge in [0, 0.05) is 11.3 Å². The van der Waals surface area contributed by atoms with E-state index in [9.17, 15) is 5.11 Å². The molecule has 0 aromatic carbocycles. The molecular weight excluding hydrogens is 232 g/mol. The Balaban J connectivity index is 2.41. The van der Waals surface area contributed by atoms with Crippen molar-refractivity contribution < 1.29 is 5.11 Å². The molecule has 0 aromatic rings. The first-order valence-corrected chi connectivity index (χ1v) is 6.92. The van der Waals surface area contributed by atoms with Crippen LogP contribution in [0.2, 0.25) is 0 Å². The van der Waals surface area contributed by atoms with Gasteiger partial charge in [-0.3, -0.25) is 0 Å². The molecule has 0 aliphatic heterocycles. The summed E-state index contributed by atoms with van der Waals surface area (Å²) in [6, 6.07) is 0. The summed E-state index contributed by atoms with van der Waals surface area (Å²) in [5.74, 6) is 0.172. The molecule has 1 fully saturated rings. The molecular formula is C15H23ClO. The van der Waals surface area contributed by atoms with Crippen molar-refractivity contribution in [2.75, 3.05) is 0 Å². The second kappa shape index (κ2) is 4.13. The maximum atomic E-state index is 11.0. The van der Waals surface area contributed by atoms with E-state index >= 15 is 0 Å². The Morgan fingerprint density at radius 2 is 2.06 bits per heavy atom. The predicted octanol–water partition coefficient (Wildman–Crippen LogP) is 4.06. The average Bonchev–Trinajstić information content (AvgIpc) is 2.31. The highest BCUT2D eigenvalue weighted by molar-refractivity contribution is 6.21. The van der Waals surface area contributed by atoms with E-state index in [0.29, 0.717) is 6.42 Å². The SMILES string of the molecule is C=C1CCC=C(C)[C@@]2(O)C[C@@H](Cl)C(C)(C)C[C@H]12. The number of hydrogen-bond donors (Lipinski definition) is 1. The van der Waals surface area contributed by atoms with Crippen molar-refractivity contribution in [3.8, 4) is 0 Å². The number of fused-ring (bicyclic) bond motifs is 1. The maximum Gasteiger partial charge on any atom is 0.0933 e. The summed E-state index contributed by atoms with van der Waals surface area (Å²) >= 11 is 6.47. The lowest BCUT2D eigenvalue weighted by Crippen LogP contribution is -2.51. The summed E-state index contributed by atoms with van der Waals surface area (Å²) in [4.78, 5) is 0. The lowest BCUT2D eigenvalue weighted by Gasteiger charge is -2.50. The van der Waals surface area contributed by atoms with Gasteiger partial charge in [-0.05, 0) is 43.6 Å². The molecule has 2 aliphatic rings. The fraction of sp³-hybridized carbons (Fsp3) is 0.733. The Hall–Kier alpha value is -0.270. The Kier molecular flexibility index (Phi) is 3.20. The smallest absolute Gasteiger partial charge is 0.0933 e. The highest BCUT2D eigenvalue weighted by Crippen LogP contribution is 2.53. The second-order valence-corrected chi connectivity index (χ2v) is 6.95. The Bertz CT molecular complexity index is 369. The highest BCUT2D eigenvalue weighted by Gasteiger charge is 2.51. The molecule has 17 heavy (non-hydrogen) atoms. The molecule has 0 radical (unpaired) electrons. The molecule has 3 atom stereocenters. The molecule has 1 saturated carbocycles. The zero-order valence-corrected chi connectivity index (χ0v) is 11.8. The Labute approximate surface area is 110 Å². The molecule has 1 nitrogen and oxygen atoms in total. The van der Waals surface area contributed by atoms with E-state index in [4.69, 9.17) is 11.6 Å². The molecule has 0 saturated heterocycles. The highest BCUT2D eigenvalue weighted by atomic mass is 35.5. The van der Waals surface area contributed by atoms with Gasteiger partial charge in [0.25, 0.3) is 0 Å². The third-order valence-electron chi connectivity index (χ3n) is 4.74. The summed E-state index contributed by atoms with van der Waals surface area (Å²) in [7, 11) is 0. The van der Waals surface area contributed by atoms with Gasteiger partial charge in [0.15, 0.2) is 0 Å². The summed E-state index contributed by atoms with van der Waals surface area (Å²) in [5, 5.41) is 11.0. The largest absolute Gasteiger partial charge is 0.385 e. The van der Waals surface area contributed by atoms with E-state index in [2.05, 4.69) is 26.5 Å². The number of allylic oxidation sites excluding steroid dienone is 1. The molecule has 2 rings (SSSR count). The van der Waals surface area contributed by atoms with Crippen LogP contribution in [0.3, 0.4) is 0 Å². The Morgan fingerprint density at radius 1 is 1.41 bits per heavy atom. The van der Waals surface area contributed by atoms with Gasteiger partial charge in [0.2, 0.25) is 0 Å². The lowest BCUT2D eigenvalue weighted by atomic mass is 9.61. The first-order chi connectivity index (χ1) is 7.77. The minimum atomic E-state index is -0.754. The van der Waals surface area contributed by atoms with Crippen LogP contribution >= 0.6 is 11.6 Å². The van der Waals surface area contributed by atoms with Crippen LogP contribution in [0.25, 0.3) is 0 Å². The lowest BCUT2D eigenvalue weighted by molar-refractivity contribution is -0.0314. The molecule has 0 unspecified atom stereocenters. The summed E-state index contributed by atoms with van der Waals surface area (Å²) < 4.78 is 0. The summed E-state index contributed by atoms with van der Waals surface area (Å²) in [6.07, 6.45) is 5.73. The third-order valence-corrected chi connectivity index (χ3v) is 5.48. The summed E-state index contributed by atoms with van der Waals surface area (Å²) in [6.45, 7) is 10.6. The van der Waals surface area contributed by atoms with Crippen molar-refractivity contribution in [2.45, 2.75) is 57.4 Å². The van der Waals surface area contributed by atoms with Crippen molar-refractivity contribution in [1.29, 1.82) is 0 Å². The second-order valence-electron chi connectivity index (χ2n) is 6.43. The van der Waals surface area contributed by atoms with Gasteiger partial charge in [-0.2, -0.15) is 0 Å². The number of hydrogen-bond acceptors (Lipinski definition) is 1. The molecule has 96 valence electrons.